The molecule has 0 saturated heterocycles. The van der Waals surface area contributed by atoms with Crippen LogP contribution in [0, 0.1) is 0 Å². The van der Waals surface area contributed by atoms with Gasteiger partial charge in [-0.3, -0.25) is 4.79 Å². The van der Waals surface area contributed by atoms with Gasteiger partial charge in [-0.15, -0.1) is 10.2 Å². The summed E-state index contributed by atoms with van der Waals surface area (Å²) in [7, 11) is 0. The fourth-order valence-corrected chi connectivity index (χ4v) is 3.14. The third-order valence-electron chi connectivity index (χ3n) is 3.73. The first-order valence-corrected chi connectivity index (χ1v) is 9.47. The number of anilines is 1. The molecule has 5 nitrogen and oxygen atoms in total. The molecule has 6 heteroatoms. The number of rotatable bonds is 8. The van der Waals surface area contributed by atoms with Gasteiger partial charge in [-0.1, -0.05) is 67.1 Å². The molecule has 0 aliphatic carbocycles. The molecule has 0 radical (unpaired) electrons. The molecule has 3 rings (SSSR count). The first-order valence-electron chi connectivity index (χ1n) is 8.65. The van der Waals surface area contributed by atoms with Crippen LogP contribution in [0.2, 0.25) is 0 Å². The van der Waals surface area contributed by atoms with Crippen LogP contribution < -0.4 is 10.1 Å². The van der Waals surface area contributed by atoms with E-state index in [2.05, 4.69) is 22.4 Å². The maximum absolute atomic E-state index is 12.1. The Bertz CT molecular complexity index is 849. The maximum atomic E-state index is 12.1. The number of amides is 1. The summed E-state index contributed by atoms with van der Waals surface area (Å²) in [5, 5.41) is 12.3. The smallest absolute Gasteiger partial charge is 0.230 e. The lowest BCUT2D eigenvalue weighted by atomic mass is 10.1. The number of aromatic nitrogens is 2. The third kappa shape index (κ3) is 5.13. The van der Waals surface area contributed by atoms with Crippen LogP contribution in [0.15, 0.2) is 54.6 Å². The number of carbonyl (C=O) groups is 1. The molecule has 0 bridgehead atoms. The van der Waals surface area contributed by atoms with Gasteiger partial charge < -0.3 is 10.1 Å². The molecule has 2 aromatic carbocycles. The number of benzene rings is 2. The monoisotopic (exact) mass is 367 g/mol. The van der Waals surface area contributed by atoms with Crippen LogP contribution in [0.5, 0.6) is 5.75 Å². The van der Waals surface area contributed by atoms with Crippen molar-refractivity contribution in [3.05, 3.63) is 60.2 Å². The predicted molar refractivity (Wildman–Crippen MR) is 105 cm³/mol. The zero-order valence-electron chi connectivity index (χ0n) is 14.6. The molecule has 0 aliphatic rings. The topological polar surface area (TPSA) is 64.1 Å². The minimum atomic E-state index is -0.101. The minimum Gasteiger partial charge on any atom is -0.494 e. The Morgan fingerprint density at radius 1 is 1.12 bits per heavy atom. The second-order valence-electron chi connectivity index (χ2n) is 5.85. The van der Waals surface area contributed by atoms with E-state index in [4.69, 9.17) is 4.74 Å². The molecular weight excluding hydrogens is 346 g/mol. The van der Waals surface area contributed by atoms with Crippen molar-refractivity contribution in [3.63, 3.8) is 0 Å². The van der Waals surface area contributed by atoms with E-state index in [1.165, 1.54) is 11.3 Å². The number of carbonyl (C=O) groups excluding carboxylic acids is 1. The molecule has 0 saturated carbocycles. The Kier molecular flexibility index (Phi) is 6.33. The summed E-state index contributed by atoms with van der Waals surface area (Å²) in [5.41, 5.74) is 1.90. The lowest BCUT2D eigenvalue weighted by Crippen LogP contribution is -2.14. The number of unbranched alkanes of at least 4 members (excludes halogenated alkanes) is 1. The largest absolute Gasteiger partial charge is 0.494 e. The van der Waals surface area contributed by atoms with Crippen LogP contribution >= 0.6 is 11.3 Å². The van der Waals surface area contributed by atoms with E-state index >= 15 is 0 Å². The van der Waals surface area contributed by atoms with E-state index in [1.807, 2.05) is 54.6 Å². The fraction of sp³-hybridized carbons (Fsp3) is 0.250. The molecule has 0 unspecified atom stereocenters. The SMILES string of the molecule is CCCCOc1cccc(-c2nnc(NC(=O)Cc3ccccc3)s2)c1. The Balaban J connectivity index is 1.62. The van der Waals surface area contributed by atoms with Gasteiger partial charge in [0.2, 0.25) is 11.0 Å². The molecule has 0 aliphatic heterocycles. The highest BCUT2D eigenvalue weighted by molar-refractivity contribution is 7.18. The van der Waals surface area contributed by atoms with Crippen molar-refractivity contribution in [2.75, 3.05) is 11.9 Å². The highest BCUT2D eigenvalue weighted by atomic mass is 32.1. The van der Waals surface area contributed by atoms with E-state index in [0.29, 0.717) is 18.2 Å². The van der Waals surface area contributed by atoms with Gasteiger partial charge in [-0.05, 0) is 24.1 Å². The molecule has 0 spiro atoms. The maximum Gasteiger partial charge on any atom is 0.230 e. The molecule has 1 heterocycles. The van der Waals surface area contributed by atoms with Crippen molar-refractivity contribution in [2.45, 2.75) is 26.2 Å². The van der Waals surface area contributed by atoms with Crippen LogP contribution in [-0.2, 0) is 11.2 Å². The zero-order chi connectivity index (χ0) is 18.2. The molecule has 1 amide bonds. The second kappa shape index (κ2) is 9.10. The normalized spacial score (nSPS) is 10.5. The zero-order valence-corrected chi connectivity index (χ0v) is 15.5. The van der Waals surface area contributed by atoms with Crippen molar-refractivity contribution in [3.8, 4) is 16.3 Å². The Morgan fingerprint density at radius 2 is 1.96 bits per heavy atom. The summed E-state index contributed by atoms with van der Waals surface area (Å²) in [4.78, 5) is 12.1. The van der Waals surface area contributed by atoms with Crippen LogP contribution in [0.25, 0.3) is 10.6 Å². The summed E-state index contributed by atoms with van der Waals surface area (Å²) >= 11 is 1.35. The summed E-state index contributed by atoms with van der Waals surface area (Å²) < 4.78 is 5.73. The van der Waals surface area contributed by atoms with Gasteiger partial charge in [0.1, 0.15) is 10.8 Å². The number of nitrogens with zero attached hydrogens (tertiary/aromatic N) is 2. The average molecular weight is 367 g/mol. The molecular formula is C20H21N3O2S. The molecule has 0 atom stereocenters. The van der Waals surface area contributed by atoms with Gasteiger partial charge in [0.25, 0.3) is 0 Å². The fourth-order valence-electron chi connectivity index (χ4n) is 2.39. The van der Waals surface area contributed by atoms with Crippen LogP contribution in [0.3, 0.4) is 0 Å². The Morgan fingerprint density at radius 3 is 2.77 bits per heavy atom. The van der Waals surface area contributed by atoms with Crippen molar-refractivity contribution < 1.29 is 9.53 Å². The van der Waals surface area contributed by atoms with E-state index in [0.717, 1.165) is 34.7 Å². The van der Waals surface area contributed by atoms with Crippen LogP contribution in [0.1, 0.15) is 25.3 Å². The van der Waals surface area contributed by atoms with E-state index in [-0.39, 0.29) is 5.91 Å². The van der Waals surface area contributed by atoms with Gasteiger partial charge in [-0.2, -0.15) is 0 Å². The van der Waals surface area contributed by atoms with Crippen molar-refractivity contribution in [1.29, 1.82) is 0 Å². The quantitative estimate of drug-likeness (QED) is 0.593. The van der Waals surface area contributed by atoms with Gasteiger partial charge in [0.15, 0.2) is 0 Å². The molecule has 3 aromatic rings. The molecule has 1 aromatic heterocycles. The predicted octanol–water partition coefficient (Wildman–Crippen LogP) is 4.57. The van der Waals surface area contributed by atoms with Crippen LogP contribution in [-0.4, -0.2) is 22.7 Å². The van der Waals surface area contributed by atoms with E-state index in [9.17, 15) is 4.79 Å². The Labute approximate surface area is 157 Å². The van der Waals surface area contributed by atoms with Gasteiger partial charge in [0, 0.05) is 5.56 Å². The van der Waals surface area contributed by atoms with E-state index < -0.39 is 0 Å². The second-order valence-corrected chi connectivity index (χ2v) is 6.83. The molecule has 1 N–H and O–H groups in total. The average Bonchev–Trinajstić information content (AvgIpc) is 3.11. The van der Waals surface area contributed by atoms with Gasteiger partial charge >= 0.3 is 0 Å². The molecule has 0 fully saturated rings. The highest BCUT2D eigenvalue weighted by Crippen LogP contribution is 2.29. The first kappa shape index (κ1) is 18.1. The lowest BCUT2D eigenvalue weighted by Gasteiger charge is -2.05. The number of nitrogens with one attached hydrogen (secondary N) is 1. The lowest BCUT2D eigenvalue weighted by molar-refractivity contribution is -0.115. The first-order chi connectivity index (χ1) is 12.7. The van der Waals surface area contributed by atoms with Gasteiger partial charge in [0.05, 0.1) is 13.0 Å². The number of hydrogen-bond donors (Lipinski definition) is 1. The minimum absolute atomic E-state index is 0.101. The highest BCUT2D eigenvalue weighted by Gasteiger charge is 2.11. The van der Waals surface area contributed by atoms with Crippen molar-refractivity contribution in [1.82, 2.24) is 10.2 Å². The Hall–Kier alpha value is -2.73. The standard InChI is InChI=1S/C20H21N3O2S/c1-2-3-12-25-17-11-7-10-16(14-17)19-22-23-20(26-19)21-18(24)13-15-8-5-4-6-9-15/h4-11,14H,2-3,12-13H2,1H3,(H,21,23,24). The van der Waals surface area contributed by atoms with Crippen molar-refractivity contribution in [2.24, 2.45) is 0 Å². The van der Waals surface area contributed by atoms with E-state index in [1.54, 1.807) is 0 Å². The van der Waals surface area contributed by atoms with Crippen molar-refractivity contribution >= 4 is 22.4 Å². The number of ether oxygens (including phenoxy) is 1. The number of hydrogen-bond acceptors (Lipinski definition) is 5. The van der Waals surface area contributed by atoms with Crippen LogP contribution in [0.4, 0.5) is 5.13 Å². The summed E-state index contributed by atoms with van der Waals surface area (Å²) in [6, 6.07) is 17.4. The molecule has 26 heavy (non-hydrogen) atoms. The summed E-state index contributed by atoms with van der Waals surface area (Å²) in [6.07, 6.45) is 2.44. The van der Waals surface area contributed by atoms with Gasteiger partial charge in [-0.25, -0.2) is 0 Å². The third-order valence-corrected chi connectivity index (χ3v) is 4.61. The molecule has 134 valence electrons. The summed E-state index contributed by atoms with van der Waals surface area (Å²) in [6.45, 7) is 2.84. The summed E-state index contributed by atoms with van der Waals surface area (Å²) in [5.74, 6) is 0.719.